The molecule has 0 atom stereocenters. The Bertz CT molecular complexity index is 807. The molecule has 5 heteroatoms. The van der Waals surface area contributed by atoms with Crippen molar-refractivity contribution in [3.8, 4) is 5.75 Å². The van der Waals surface area contributed by atoms with Gasteiger partial charge in [-0.1, -0.05) is 50.8 Å². The number of ether oxygens (including phenoxy) is 1. The second-order valence-corrected chi connectivity index (χ2v) is 6.38. The van der Waals surface area contributed by atoms with Crippen LogP contribution < -0.4 is 15.6 Å². The third-order valence-corrected chi connectivity index (χ3v) is 4.30. The van der Waals surface area contributed by atoms with Crippen LogP contribution in [-0.2, 0) is 4.79 Å². The molecule has 1 aromatic heterocycles. The molecule has 0 bridgehead atoms. The van der Waals surface area contributed by atoms with Crippen molar-refractivity contribution in [3.63, 3.8) is 0 Å². The highest BCUT2D eigenvalue weighted by atomic mass is 16.5. The number of carbonyl (C=O) groups excluding carboxylic acids is 1. The minimum absolute atomic E-state index is 0.240. The maximum atomic E-state index is 12.7. The first kappa shape index (κ1) is 20.5. The second kappa shape index (κ2) is 11.0. The van der Waals surface area contributed by atoms with E-state index in [1.54, 1.807) is 31.5 Å². The lowest BCUT2D eigenvalue weighted by Gasteiger charge is -2.12. The minimum Gasteiger partial charge on any atom is -0.497 e. The molecule has 0 aliphatic heterocycles. The van der Waals surface area contributed by atoms with Crippen molar-refractivity contribution < 1.29 is 9.53 Å². The van der Waals surface area contributed by atoms with E-state index in [1.165, 1.54) is 29.9 Å². The van der Waals surface area contributed by atoms with E-state index >= 15 is 0 Å². The molecule has 2 rings (SSSR count). The van der Waals surface area contributed by atoms with E-state index < -0.39 is 0 Å². The zero-order chi connectivity index (χ0) is 19.5. The van der Waals surface area contributed by atoms with Gasteiger partial charge in [0.05, 0.1) is 7.11 Å². The molecule has 0 spiro atoms. The van der Waals surface area contributed by atoms with Crippen molar-refractivity contribution in [1.82, 2.24) is 9.88 Å². The highest BCUT2D eigenvalue weighted by Crippen LogP contribution is 2.15. The summed E-state index contributed by atoms with van der Waals surface area (Å²) in [6, 6.07) is 12.2. The standard InChI is InChI=1S/C22H28N2O3/c1-3-4-5-6-8-15-23-22(26)20(24-16-9-7-10-21(24)25)17-18-11-13-19(27-2)14-12-18/h7,9-14,16-17H,3-6,8,15H2,1-2H3,(H,23,26). The number of carbonyl (C=O) groups is 1. The fourth-order valence-electron chi connectivity index (χ4n) is 2.75. The molecule has 1 heterocycles. The summed E-state index contributed by atoms with van der Waals surface area (Å²) in [4.78, 5) is 25.0. The topological polar surface area (TPSA) is 60.3 Å². The zero-order valence-corrected chi connectivity index (χ0v) is 16.1. The predicted octanol–water partition coefficient (Wildman–Crippen LogP) is 3.94. The average molecular weight is 368 g/mol. The molecule has 1 amide bonds. The van der Waals surface area contributed by atoms with Crippen LogP contribution in [0.2, 0.25) is 0 Å². The highest BCUT2D eigenvalue weighted by molar-refractivity contribution is 6.18. The number of nitrogens with one attached hydrogen (secondary N) is 1. The number of rotatable bonds is 10. The molecule has 0 radical (unpaired) electrons. The fourth-order valence-corrected chi connectivity index (χ4v) is 2.75. The third-order valence-electron chi connectivity index (χ3n) is 4.30. The number of pyridine rings is 1. The maximum Gasteiger partial charge on any atom is 0.268 e. The van der Waals surface area contributed by atoms with Crippen LogP contribution in [0.4, 0.5) is 0 Å². The Morgan fingerprint density at radius 1 is 1.07 bits per heavy atom. The van der Waals surface area contributed by atoms with E-state index in [9.17, 15) is 9.59 Å². The molecular weight excluding hydrogens is 340 g/mol. The van der Waals surface area contributed by atoms with Gasteiger partial charge in [0.1, 0.15) is 11.4 Å². The van der Waals surface area contributed by atoms with Gasteiger partial charge >= 0.3 is 0 Å². The van der Waals surface area contributed by atoms with Gasteiger partial charge in [-0.15, -0.1) is 0 Å². The molecular formula is C22H28N2O3. The quantitative estimate of drug-likeness (QED) is 0.510. The monoisotopic (exact) mass is 368 g/mol. The van der Waals surface area contributed by atoms with Gasteiger partial charge in [-0.05, 0) is 36.3 Å². The number of unbranched alkanes of at least 4 members (excludes halogenated alkanes) is 4. The Kier molecular flexibility index (Phi) is 8.36. The lowest BCUT2D eigenvalue weighted by molar-refractivity contribution is -0.115. The van der Waals surface area contributed by atoms with Gasteiger partial charge in [0.15, 0.2) is 0 Å². The predicted molar refractivity (Wildman–Crippen MR) is 110 cm³/mol. The molecule has 1 N–H and O–H groups in total. The second-order valence-electron chi connectivity index (χ2n) is 6.38. The van der Waals surface area contributed by atoms with Crippen molar-refractivity contribution >= 4 is 17.7 Å². The van der Waals surface area contributed by atoms with Crippen LogP contribution in [-0.4, -0.2) is 24.1 Å². The van der Waals surface area contributed by atoms with Crippen molar-refractivity contribution in [2.24, 2.45) is 0 Å². The summed E-state index contributed by atoms with van der Waals surface area (Å²) in [6.45, 7) is 2.78. The molecule has 144 valence electrons. The summed E-state index contributed by atoms with van der Waals surface area (Å²) < 4.78 is 6.54. The number of amides is 1. The summed E-state index contributed by atoms with van der Waals surface area (Å²) in [6.07, 6.45) is 8.95. The lowest BCUT2D eigenvalue weighted by atomic mass is 10.1. The summed E-state index contributed by atoms with van der Waals surface area (Å²) in [5.74, 6) is 0.483. The normalized spacial score (nSPS) is 11.3. The molecule has 0 saturated carbocycles. The highest BCUT2D eigenvalue weighted by Gasteiger charge is 2.12. The number of nitrogens with zero attached hydrogens (tertiary/aromatic N) is 1. The largest absolute Gasteiger partial charge is 0.497 e. The van der Waals surface area contributed by atoms with Gasteiger partial charge in [0.2, 0.25) is 0 Å². The summed E-state index contributed by atoms with van der Waals surface area (Å²) >= 11 is 0. The Labute approximate surface area is 160 Å². The van der Waals surface area contributed by atoms with Crippen LogP contribution in [0.15, 0.2) is 53.5 Å². The number of benzene rings is 1. The Morgan fingerprint density at radius 3 is 2.48 bits per heavy atom. The Morgan fingerprint density at radius 2 is 1.81 bits per heavy atom. The summed E-state index contributed by atoms with van der Waals surface area (Å²) in [7, 11) is 1.60. The van der Waals surface area contributed by atoms with Crippen LogP contribution in [0.25, 0.3) is 11.8 Å². The first-order chi connectivity index (χ1) is 13.2. The summed E-state index contributed by atoms with van der Waals surface area (Å²) in [5.41, 5.74) is 0.884. The smallest absolute Gasteiger partial charge is 0.268 e. The molecule has 5 nitrogen and oxygen atoms in total. The van der Waals surface area contributed by atoms with E-state index in [1.807, 2.05) is 24.3 Å². The molecule has 0 unspecified atom stereocenters. The Hall–Kier alpha value is -2.82. The zero-order valence-electron chi connectivity index (χ0n) is 16.1. The average Bonchev–Trinajstić information content (AvgIpc) is 2.70. The van der Waals surface area contributed by atoms with Crippen LogP contribution in [0.1, 0.15) is 44.6 Å². The molecule has 0 aliphatic carbocycles. The molecule has 0 aliphatic rings. The number of hydrogen-bond donors (Lipinski definition) is 1. The van der Waals surface area contributed by atoms with Crippen molar-refractivity contribution in [1.29, 1.82) is 0 Å². The van der Waals surface area contributed by atoms with Crippen molar-refractivity contribution in [3.05, 3.63) is 64.6 Å². The molecule has 2 aromatic rings. The summed E-state index contributed by atoms with van der Waals surface area (Å²) in [5, 5.41) is 2.94. The van der Waals surface area contributed by atoms with Gasteiger partial charge in [-0.25, -0.2) is 0 Å². The first-order valence-electron chi connectivity index (χ1n) is 9.47. The van der Waals surface area contributed by atoms with E-state index in [-0.39, 0.29) is 11.5 Å². The van der Waals surface area contributed by atoms with Crippen LogP contribution >= 0.6 is 0 Å². The Balaban J connectivity index is 2.17. The van der Waals surface area contributed by atoms with Crippen molar-refractivity contribution in [2.75, 3.05) is 13.7 Å². The fraction of sp³-hybridized carbons (Fsp3) is 0.364. The third kappa shape index (κ3) is 6.44. The van der Waals surface area contributed by atoms with Crippen molar-refractivity contribution in [2.45, 2.75) is 39.0 Å². The van der Waals surface area contributed by atoms with Crippen LogP contribution in [0.5, 0.6) is 5.75 Å². The lowest BCUT2D eigenvalue weighted by Crippen LogP contribution is -2.31. The van der Waals surface area contributed by atoms with E-state index in [0.717, 1.165) is 24.2 Å². The maximum absolute atomic E-state index is 12.7. The van der Waals surface area contributed by atoms with Gasteiger partial charge in [-0.3, -0.25) is 14.2 Å². The number of hydrogen-bond acceptors (Lipinski definition) is 3. The van der Waals surface area contributed by atoms with Crippen LogP contribution in [0.3, 0.4) is 0 Å². The van der Waals surface area contributed by atoms with Gasteiger partial charge in [0.25, 0.3) is 11.5 Å². The first-order valence-corrected chi connectivity index (χ1v) is 9.47. The van der Waals surface area contributed by atoms with E-state index in [4.69, 9.17) is 4.74 Å². The van der Waals surface area contributed by atoms with E-state index in [2.05, 4.69) is 12.2 Å². The minimum atomic E-state index is -0.255. The molecule has 0 saturated heterocycles. The SMILES string of the molecule is CCCCCCCNC(=O)C(=Cc1ccc(OC)cc1)n1ccccc1=O. The van der Waals surface area contributed by atoms with Gasteiger partial charge < -0.3 is 10.1 Å². The van der Waals surface area contributed by atoms with Gasteiger partial charge in [0, 0.05) is 18.8 Å². The van der Waals surface area contributed by atoms with E-state index in [0.29, 0.717) is 12.2 Å². The molecule has 0 fully saturated rings. The molecule has 27 heavy (non-hydrogen) atoms. The number of aromatic nitrogens is 1. The number of methoxy groups -OCH3 is 1. The van der Waals surface area contributed by atoms with Gasteiger partial charge in [-0.2, -0.15) is 0 Å². The van der Waals surface area contributed by atoms with Crippen LogP contribution in [0, 0.1) is 0 Å². The molecule has 1 aromatic carbocycles.